The van der Waals surface area contributed by atoms with Gasteiger partial charge in [0, 0.05) is 17.8 Å². The second-order valence-corrected chi connectivity index (χ2v) is 10.9. The van der Waals surface area contributed by atoms with Crippen LogP contribution in [-0.4, -0.2) is 31.6 Å². The van der Waals surface area contributed by atoms with E-state index in [1.807, 2.05) is 30.3 Å². The lowest BCUT2D eigenvalue weighted by atomic mass is 9.79. The minimum Gasteiger partial charge on any atom is -0.485 e. The van der Waals surface area contributed by atoms with E-state index in [0.29, 0.717) is 36.9 Å². The highest BCUT2D eigenvalue weighted by Gasteiger charge is 2.44. The SMILES string of the molecule is CS(=O)(=O)N[C@H]1CC[C@](Cc2ccnc(-c3cccc(F)c3OCc3ccccc3)c2)(C(N)=O)C1. The van der Waals surface area contributed by atoms with Crippen molar-refractivity contribution >= 4 is 15.9 Å². The fraction of sp³-hybridized carbons (Fsp3) is 0.308. The van der Waals surface area contributed by atoms with Crippen LogP contribution in [-0.2, 0) is 27.8 Å². The second-order valence-electron chi connectivity index (χ2n) is 9.09. The van der Waals surface area contributed by atoms with Crippen LogP contribution in [0.2, 0.25) is 0 Å². The van der Waals surface area contributed by atoms with E-state index in [2.05, 4.69) is 9.71 Å². The monoisotopic (exact) mass is 497 g/mol. The largest absolute Gasteiger partial charge is 0.485 e. The molecule has 1 aromatic heterocycles. The number of primary amides is 1. The van der Waals surface area contributed by atoms with Crippen molar-refractivity contribution in [2.45, 2.75) is 38.3 Å². The number of nitrogens with one attached hydrogen (secondary N) is 1. The van der Waals surface area contributed by atoms with Gasteiger partial charge in [0.2, 0.25) is 15.9 Å². The predicted molar refractivity (Wildman–Crippen MR) is 131 cm³/mol. The van der Waals surface area contributed by atoms with Crippen LogP contribution in [0.25, 0.3) is 11.3 Å². The lowest BCUT2D eigenvalue weighted by Gasteiger charge is -2.26. The van der Waals surface area contributed by atoms with Crippen molar-refractivity contribution in [2.24, 2.45) is 11.1 Å². The Morgan fingerprint density at radius 3 is 2.66 bits per heavy atom. The Kier molecular flexibility index (Phi) is 7.18. The average Bonchev–Trinajstić information content (AvgIpc) is 3.21. The molecule has 1 aliphatic carbocycles. The van der Waals surface area contributed by atoms with Crippen molar-refractivity contribution in [3.05, 3.63) is 83.8 Å². The van der Waals surface area contributed by atoms with Gasteiger partial charge in [-0.3, -0.25) is 9.78 Å². The summed E-state index contributed by atoms with van der Waals surface area (Å²) >= 11 is 0. The van der Waals surface area contributed by atoms with Gasteiger partial charge in [-0.2, -0.15) is 0 Å². The standard InChI is InChI=1S/C26H28FN3O4S/c1-35(32,33)30-20-10-12-26(16-20,25(28)31)15-19-11-13-29-23(14-19)21-8-5-9-22(27)24(21)34-17-18-6-3-2-4-7-18/h2-9,11,13-14,20,30H,10,12,15-17H2,1H3,(H2,28,31)/t20-,26+/m0/s1. The predicted octanol–water partition coefficient (Wildman–Crippen LogP) is 3.58. The second kappa shape index (κ2) is 10.1. The van der Waals surface area contributed by atoms with E-state index in [-0.39, 0.29) is 18.4 Å². The Morgan fingerprint density at radius 2 is 1.94 bits per heavy atom. The summed E-state index contributed by atoms with van der Waals surface area (Å²) in [5, 5.41) is 0. The number of hydrogen-bond acceptors (Lipinski definition) is 5. The highest BCUT2D eigenvalue weighted by molar-refractivity contribution is 7.88. The summed E-state index contributed by atoms with van der Waals surface area (Å²) in [6.45, 7) is 0.202. The summed E-state index contributed by atoms with van der Waals surface area (Å²) in [4.78, 5) is 16.9. The van der Waals surface area contributed by atoms with Crippen LogP contribution in [0, 0.1) is 11.2 Å². The zero-order valence-corrected chi connectivity index (χ0v) is 20.2. The van der Waals surface area contributed by atoms with E-state index >= 15 is 0 Å². The first kappa shape index (κ1) is 24.8. The van der Waals surface area contributed by atoms with Gasteiger partial charge >= 0.3 is 0 Å². The van der Waals surface area contributed by atoms with Crippen molar-refractivity contribution in [2.75, 3.05) is 6.26 Å². The number of nitrogens with two attached hydrogens (primary N) is 1. The first-order chi connectivity index (χ1) is 16.7. The van der Waals surface area contributed by atoms with E-state index in [1.54, 1.807) is 30.5 Å². The van der Waals surface area contributed by atoms with E-state index in [1.165, 1.54) is 6.07 Å². The first-order valence-corrected chi connectivity index (χ1v) is 13.2. The molecule has 0 saturated heterocycles. The van der Waals surface area contributed by atoms with Crippen LogP contribution in [0.4, 0.5) is 4.39 Å². The first-order valence-electron chi connectivity index (χ1n) is 11.3. The molecule has 2 atom stereocenters. The number of nitrogens with zero attached hydrogens (tertiary/aromatic N) is 1. The maximum Gasteiger partial charge on any atom is 0.224 e. The van der Waals surface area contributed by atoms with Crippen LogP contribution in [0.15, 0.2) is 66.9 Å². The molecule has 0 spiro atoms. The van der Waals surface area contributed by atoms with Crippen molar-refractivity contribution in [1.29, 1.82) is 0 Å². The highest BCUT2D eigenvalue weighted by Crippen LogP contribution is 2.42. The molecule has 9 heteroatoms. The molecular weight excluding hydrogens is 469 g/mol. The molecule has 0 radical (unpaired) electrons. The average molecular weight is 498 g/mol. The maximum absolute atomic E-state index is 14.7. The molecular formula is C26H28FN3O4S. The number of benzene rings is 2. The van der Waals surface area contributed by atoms with Gasteiger partial charge in [-0.25, -0.2) is 17.5 Å². The third-order valence-electron chi connectivity index (χ3n) is 6.35. The molecule has 3 N–H and O–H groups in total. The smallest absolute Gasteiger partial charge is 0.224 e. The van der Waals surface area contributed by atoms with Gasteiger partial charge in [-0.05, 0) is 61.1 Å². The van der Waals surface area contributed by atoms with Crippen LogP contribution < -0.4 is 15.2 Å². The van der Waals surface area contributed by atoms with Gasteiger partial charge in [-0.15, -0.1) is 0 Å². The number of hydrogen-bond donors (Lipinski definition) is 2. The summed E-state index contributed by atoms with van der Waals surface area (Å²) in [6.07, 6.45) is 4.34. The summed E-state index contributed by atoms with van der Waals surface area (Å²) in [6, 6.07) is 17.4. The van der Waals surface area contributed by atoms with Gasteiger partial charge in [0.25, 0.3) is 0 Å². The van der Waals surface area contributed by atoms with Gasteiger partial charge in [0.1, 0.15) is 6.61 Å². The molecule has 0 aliphatic heterocycles. The molecule has 0 unspecified atom stereocenters. The van der Waals surface area contributed by atoms with Crippen molar-refractivity contribution in [3.63, 3.8) is 0 Å². The van der Waals surface area contributed by atoms with E-state index in [0.717, 1.165) is 17.4 Å². The zero-order valence-electron chi connectivity index (χ0n) is 19.4. The molecule has 1 amide bonds. The topological polar surface area (TPSA) is 111 Å². The molecule has 3 aromatic rings. The number of halogens is 1. The molecule has 2 aromatic carbocycles. The maximum atomic E-state index is 14.7. The van der Waals surface area contributed by atoms with E-state index < -0.39 is 27.2 Å². The van der Waals surface area contributed by atoms with Crippen LogP contribution in [0.1, 0.15) is 30.4 Å². The molecule has 35 heavy (non-hydrogen) atoms. The number of amides is 1. The number of carbonyl (C=O) groups is 1. The van der Waals surface area contributed by atoms with Crippen LogP contribution >= 0.6 is 0 Å². The van der Waals surface area contributed by atoms with E-state index in [9.17, 15) is 17.6 Å². The number of pyridine rings is 1. The number of aromatic nitrogens is 1. The van der Waals surface area contributed by atoms with Crippen molar-refractivity contribution < 1.29 is 22.3 Å². The number of rotatable bonds is 9. The van der Waals surface area contributed by atoms with Crippen molar-refractivity contribution in [3.8, 4) is 17.0 Å². The summed E-state index contributed by atoms with van der Waals surface area (Å²) in [5.41, 5.74) is 7.63. The summed E-state index contributed by atoms with van der Waals surface area (Å²) < 4.78 is 46.5. The molecule has 1 saturated carbocycles. The molecule has 4 rings (SSSR count). The number of carbonyl (C=O) groups excluding carboxylic acids is 1. The Balaban J connectivity index is 1.59. The Labute approximate surface area is 204 Å². The lowest BCUT2D eigenvalue weighted by Crippen LogP contribution is -2.40. The van der Waals surface area contributed by atoms with Gasteiger partial charge < -0.3 is 10.5 Å². The van der Waals surface area contributed by atoms with Crippen molar-refractivity contribution in [1.82, 2.24) is 9.71 Å². The van der Waals surface area contributed by atoms with Crippen LogP contribution in [0.5, 0.6) is 5.75 Å². The molecule has 1 fully saturated rings. The third kappa shape index (κ3) is 6.04. The fourth-order valence-electron chi connectivity index (χ4n) is 4.71. The summed E-state index contributed by atoms with van der Waals surface area (Å²) in [5.74, 6) is -0.861. The third-order valence-corrected chi connectivity index (χ3v) is 7.11. The summed E-state index contributed by atoms with van der Waals surface area (Å²) in [7, 11) is -3.40. The highest BCUT2D eigenvalue weighted by atomic mass is 32.2. The Bertz CT molecular complexity index is 1320. The number of sulfonamides is 1. The minimum atomic E-state index is -3.40. The Hall–Kier alpha value is -3.30. The number of para-hydroxylation sites is 1. The minimum absolute atomic E-state index is 0.101. The molecule has 0 bridgehead atoms. The number of ether oxygens (including phenoxy) is 1. The zero-order chi connectivity index (χ0) is 25.1. The van der Waals surface area contributed by atoms with Gasteiger partial charge in [-0.1, -0.05) is 36.4 Å². The molecule has 7 nitrogen and oxygen atoms in total. The fourth-order valence-corrected chi connectivity index (χ4v) is 5.52. The molecule has 184 valence electrons. The van der Waals surface area contributed by atoms with E-state index in [4.69, 9.17) is 10.5 Å². The molecule has 1 heterocycles. The normalized spacial score (nSPS) is 20.0. The van der Waals surface area contributed by atoms with Gasteiger partial charge in [0.15, 0.2) is 11.6 Å². The quantitative estimate of drug-likeness (QED) is 0.469. The molecule has 1 aliphatic rings. The van der Waals surface area contributed by atoms with Crippen LogP contribution in [0.3, 0.4) is 0 Å². The lowest BCUT2D eigenvalue weighted by molar-refractivity contribution is -0.127. The Morgan fingerprint density at radius 1 is 1.17 bits per heavy atom. The van der Waals surface area contributed by atoms with Gasteiger partial charge in [0.05, 0.1) is 17.4 Å².